The standard InChI is InChI=1S/C18H21FN4OS/c1-13-6-9-25-17(13)12-23(8-7-22(2)3)18(24)21-16-5-4-14(11-20)10-15(16)19/h4-6,9-10H,7-8,12H2,1-3H3,(H,21,24). The molecule has 0 fully saturated rings. The maximum Gasteiger partial charge on any atom is 0.322 e. The molecule has 0 spiro atoms. The van der Waals surface area contributed by atoms with Crippen molar-refractivity contribution in [3.05, 3.63) is 51.5 Å². The fraction of sp³-hybridized carbons (Fsp3) is 0.333. The number of nitriles is 1. The Labute approximate surface area is 151 Å². The van der Waals surface area contributed by atoms with Crippen molar-refractivity contribution in [2.24, 2.45) is 0 Å². The molecule has 0 aliphatic carbocycles. The van der Waals surface area contributed by atoms with Gasteiger partial charge in [0.2, 0.25) is 0 Å². The number of thiophene rings is 1. The highest BCUT2D eigenvalue weighted by atomic mass is 32.1. The van der Waals surface area contributed by atoms with Crippen LogP contribution in [0.1, 0.15) is 16.0 Å². The van der Waals surface area contributed by atoms with Crippen molar-refractivity contribution >= 4 is 23.1 Å². The molecule has 2 aromatic rings. The number of hydrogen-bond acceptors (Lipinski definition) is 4. The lowest BCUT2D eigenvalue weighted by Gasteiger charge is -2.24. The number of anilines is 1. The number of likely N-dealkylation sites (N-methyl/N-ethyl adjacent to an activating group) is 1. The van der Waals surface area contributed by atoms with Gasteiger partial charge in [0.15, 0.2) is 0 Å². The van der Waals surface area contributed by atoms with Crippen LogP contribution in [0.25, 0.3) is 0 Å². The first kappa shape index (κ1) is 18.9. The minimum absolute atomic E-state index is 0.0711. The number of carbonyl (C=O) groups is 1. The summed E-state index contributed by atoms with van der Waals surface area (Å²) in [5, 5.41) is 13.4. The van der Waals surface area contributed by atoms with E-state index < -0.39 is 5.82 Å². The van der Waals surface area contributed by atoms with Gasteiger partial charge in [0, 0.05) is 18.0 Å². The number of amides is 2. The Balaban J connectivity index is 2.14. The van der Waals surface area contributed by atoms with Gasteiger partial charge in [-0.05, 0) is 56.2 Å². The fourth-order valence-corrected chi connectivity index (χ4v) is 3.11. The number of hydrogen-bond donors (Lipinski definition) is 1. The van der Waals surface area contributed by atoms with Crippen molar-refractivity contribution in [1.29, 1.82) is 5.26 Å². The van der Waals surface area contributed by atoms with E-state index in [1.54, 1.807) is 16.2 Å². The number of halogens is 1. The molecule has 1 aromatic heterocycles. The third-order valence-electron chi connectivity index (χ3n) is 3.75. The van der Waals surface area contributed by atoms with Gasteiger partial charge < -0.3 is 15.1 Å². The first-order valence-corrected chi connectivity index (χ1v) is 8.72. The fourth-order valence-electron chi connectivity index (χ4n) is 2.19. The highest BCUT2D eigenvalue weighted by Gasteiger charge is 2.17. The first-order valence-electron chi connectivity index (χ1n) is 7.84. The zero-order valence-corrected chi connectivity index (χ0v) is 15.4. The number of benzene rings is 1. The van der Waals surface area contributed by atoms with Gasteiger partial charge >= 0.3 is 6.03 Å². The smallest absolute Gasteiger partial charge is 0.318 e. The molecule has 0 saturated heterocycles. The molecule has 2 amide bonds. The molecular formula is C18H21FN4OS. The molecular weight excluding hydrogens is 339 g/mol. The van der Waals surface area contributed by atoms with E-state index in [2.05, 4.69) is 5.32 Å². The predicted molar refractivity (Wildman–Crippen MR) is 98.2 cm³/mol. The highest BCUT2D eigenvalue weighted by molar-refractivity contribution is 7.10. The van der Waals surface area contributed by atoms with Crippen LogP contribution in [0.15, 0.2) is 29.6 Å². The lowest BCUT2D eigenvalue weighted by Crippen LogP contribution is -2.39. The zero-order valence-electron chi connectivity index (χ0n) is 14.5. The van der Waals surface area contributed by atoms with Crippen molar-refractivity contribution in [2.45, 2.75) is 13.5 Å². The SMILES string of the molecule is Cc1ccsc1CN(CCN(C)C)C(=O)Nc1ccc(C#N)cc1F. The molecule has 0 bridgehead atoms. The molecule has 2 rings (SSSR count). The summed E-state index contributed by atoms with van der Waals surface area (Å²) in [6, 6.07) is 7.53. The van der Waals surface area contributed by atoms with Gasteiger partial charge in [0.05, 0.1) is 23.9 Å². The molecule has 0 unspecified atom stereocenters. The summed E-state index contributed by atoms with van der Waals surface area (Å²) in [4.78, 5) is 17.4. The number of urea groups is 1. The molecule has 5 nitrogen and oxygen atoms in total. The summed E-state index contributed by atoms with van der Waals surface area (Å²) >= 11 is 1.60. The molecule has 0 aliphatic rings. The number of nitrogens with zero attached hydrogens (tertiary/aromatic N) is 3. The predicted octanol–water partition coefficient (Wildman–Crippen LogP) is 3.66. The Hall–Kier alpha value is -2.43. The largest absolute Gasteiger partial charge is 0.322 e. The van der Waals surface area contributed by atoms with Crippen LogP contribution in [-0.2, 0) is 6.54 Å². The molecule has 0 atom stereocenters. The van der Waals surface area contributed by atoms with Gasteiger partial charge in [-0.1, -0.05) is 0 Å². The number of carbonyl (C=O) groups excluding carboxylic acids is 1. The van der Waals surface area contributed by atoms with Crippen molar-refractivity contribution in [1.82, 2.24) is 9.80 Å². The molecule has 1 N–H and O–H groups in total. The van der Waals surface area contributed by atoms with Crippen LogP contribution in [0.5, 0.6) is 0 Å². The lowest BCUT2D eigenvalue weighted by molar-refractivity contribution is 0.202. The average molecular weight is 360 g/mol. The Morgan fingerprint density at radius 1 is 1.32 bits per heavy atom. The highest BCUT2D eigenvalue weighted by Crippen LogP contribution is 2.20. The minimum atomic E-state index is -0.618. The van der Waals surface area contributed by atoms with E-state index in [1.165, 1.54) is 12.1 Å². The molecule has 1 aromatic carbocycles. The lowest BCUT2D eigenvalue weighted by atomic mass is 10.2. The summed E-state index contributed by atoms with van der Waals surface area (Å²) in [6.45, 7) is 3.71. The van der Waals surface area contributed by atoms with Crippen molar-refractivity contribution < 1.29 is 9.18 Å². The Kier molecular flexibility index (Phi) is 6.51. The number of aryl methyl sites for hydroxylation is 1. The van der Waals surface area contributed by atoms with E-state index in [-0.39, 0.29) is 17.3 Å². The first-order chi connectivity index (χ1) is 11.9. The van der Waals surface area contributed by atoms with Gasteiger partial charge in [0.1, 0.15) is 5.82 Å². The van der Waals surface area contributed by atoms with Crippen LogP contribution in [0.4, 0.5) is 14.9 Å². The summed E-state index contributed by atoms with van der Waals surface area (Å²) in [5.41, 5.74) is 1.42. The second kappa shape index (κ2) is 8.60. The van der Waals surface area contributed by atoms with Crippen LogP contribution in [0.2, 0.25) is 0 Å². The van der Waals surface area contributed by atoms with Gasteiger partial charge in [-0.3, -0.25) is 0 Å². The van der Waals surface area contributed by atoms with E-state index >= 15 is 0 Å². The number of rotatable bonds is 6. The van der Waals surface area contributed by atoms with Crippen molar-refractivity contribution in [3.63, 3.8) is 0 Å². The number of nitrogens with one attached hydrogen (secondary N) is 1. The molecule has 25 heavy (non-hydrogen) atoms. The van der Waals surface area contributed by atoms with E-state index in [4.69, 9.17) is 5.26 Å². The molecule has 0 aliphatic heterocycles. The second-order valence-electron chi connectivity index (χ2n) is 5.99. The minimum Gasteiger partial charge on any atom is -0.318 e. The summed E-state index contributed by atoms with van der Waals surface area (Å²) in [7, 11) is 3.87. The van der Waals surface area contributed by atoms with Crippen LogP contribution in [0.3, 0.4) is 0 Å². The van der Waals surface area contributed by atoms with Crippen LogP contribution >= 0.6 is 11.3 Å². The normalized spacial score (nSPS) is 10.6. The monoisotopic (exact) mass is 360 g/mol. The van der Waals surface area contributed by atoms with E-state index in [0.717, 1.165) is 16.5 Å². The van der Waals surface area contributed by atoms with Crippen LogP contribution in [0, 0.1) is 24.1 Å². The maximum absolute atomic E-state index is 14.0. The summed E-state index contributed by atoms with van der Waals surface area (Å²) in [5.74, 6) is -0.618. The Morgan fingerprint density at radius 2 is 2.08 bits per heavy atom. The van der Waals surface area contributed by atoms with Gasteiger partial charge in [-0.15, -0.1) is 11.3 Å². The van der Waals surface area contributed by atoms with Crippen molar-refractivity contribution in [2.75, 3.05) is 32.5 Å². The van der Waals surface area contributed by atoms with Crippen LogP contribution in [-0.4, -0.2) is 43.0 Å². The van der Waals surface area contributed by atoms with Crippen molar-refractivity contribution in [3.8, 4) is 6.07 Å². The molecule has 0 radical (unpaired) electrons. The topological polar surface area (TPSA) is 59.4 Å². The quantitative estimate of drug-likeness (QED) is 0.855. The van der Waals surface area contributed by atoms with E-state index in [1.807, 2.05) is 43.4 Å². The summed E-state index contributed by atoms with van der Waals surface area (Å²) < 4.78 is 14.0. The summed E-state index contributed by atoms with van der Waals surface area (Å²) in [6.07, 6.45) is 0. The third-order valence-corrected chi connectivity index (χ3v) is 4.75. The van der Waals surface area contributed by atoms with E-state index in [9.17, 15) is 9.18 Å². The zero-order chi connectivity index (χ0) is 18.4. The van der Waals surface area contributed by atoms with Gasteiger partial charge in [0.25, 0.3) is 0 Å². The average Bonchev–Trinajstić information content (AvgIpc) is 2.97. The molecule has 132 valence electrons. The van der Waals surface area contributed by atoms with Gasteiger partial charge in [-0.25, -0.2) is 9.18 Å². The molecule has 7 heteroatoms. The Bertz CT molecular complexity index is 782. The van der Waals surface area contributed by atoms with Gasteiger partial charge in [-0.2, -0.15) is 5.26 Å². The Morgan fingerprint density at radius 3 is 2.64 bits per heavy atom. The second-order valence-corrected chi connectivity index (χ2v) is 6.99. The molecule has 1 heterocycles. The molecule has 0 saturated carbocycles. The third kappa shape index (κ3) is 5.28. The maximum atomic E-state index is 14.0. The van der Waals surface area contributed by atoms with E-state index in [0.29, 0.717) is 19.6 Å². The van der Waals surface area contributed by atoms with Crippen LogP contribution < -0.4 is 5.32 Å².